The maximum absolute atomic E-state index is 13.1. The summed E-state index contributed by atoms with van der Waals surface area (Å²) in [6.07, 6.45) is 3.22. The Morgan fingerprint density at radius 2 is 1.97 bits per heavy atom. The normalized spacial score (nSPS) is 13.9. The average Bonchev–Trinajstić information content (AvgIpc) is 3.08. The molecule has 0 aliphatic carbocycles. The zero-order valence-electron chi connectivity index (χ0n) is 19.0. The van der Waals surface area contributed by atoms with Crippen molar-refractivity contribution in [2.45, 2.75) is 32.7 Å². The monoisotopic (exact) mass is 446 g/mol. The van der Waals surface area contributed by atoms with E-state index in [-0.39, 0.29) is 23.2 Å². The number of fused-ring (bicyclic) bond motifs is 1. The fraction of sp³-hybridized carbons (Fsp3) is 0.292. The van der Waals surface area contributed by atoms with Gasteiger partial charge in [0.1, 0.15) is 5.82 Å². The molecule has 33 heavy (non-hydrogen) atoms. The first-order chi connectivity index (χ1) is 15.8. The third-order valence-corrected chi connectivity index (χ3v) is 5.57. The molecule has 1 aliphatic rings. The summed E-state index contributed by atoms with van der Waals surface area (Å²) in [5.41, 5.74) is 3.46. The Morgan fingerprint density at radius 3 is 2.73 bits per heavy atom. The fourth-order valence-electron chi connectivity index (χ4n) is 3.93. The molecule has 0 atom stereocenters. The van der Waals surface area contributed by atoms with Gasteiger partial charge in [0.2, 0.25) is 5.91 Å². The highest BCUT2D eigenvalue weighted by Crippen LogP contribution is 2.41. The molecule has 0 spiro atoms. The summed E-state index contributed by atoms with van der Waals surface area (Å²) < 4.78 is 5.05. The van der Waals surface area contributed by atoms with E-state index in [0.717, 1.165) is 11.3 Å². The Hall–Kier alpha value is -4.01. The lowest BCUT2D eigenvalue weighted by Gasteiger charge is -2.19. The van der Waals surface area contributed by atoms with E-state index in [1.165, 1.54) is 7.11 Å². The van der Waals surface area contributed by atoms with Crippen LogP contribution in [-0.4, -0.2) is 40.4 Å². The summed E-state index contributed by atoms with van der Waals surface area (Å²) in [6.45, 7) is 6.72. The molecule has 1 aliphatic heterocycles. The number of ether oxygens (including phenoxy) is 1. The summed E-state index contributed by atoms with van der Waals surface area (Å²) in [7, 11) is 1.50. The minimum Gasteiger partial charge on any atom is -0.467 e. The number of benzene rings is 1. The number of aromatic nitrogens is 3. The van der Waals surface area contributed by atoms with Crippen LogP contribution in [0.2, 0.25) is 0 Å². The maximum Gasteiger partial charge on any atom is 0.316 e. The first-order valence-electron chi connectivity index (χ1n) is 10.6. The number of pyridine rings is 1. The number of nitrogens with zero attached hydrogens (tertiary/aromatic N) is 4. The van der Waals surface area contributed by atoms with Crippen molar-refractivity contribution in [1.82, 2.24) is 15.0 Å². The maximum atomic E-state index is 13.1. The van der Waals surface area contributed by atoms with Crippen molar-refractivity contribution in [3.05, 3.63) is 65.6 Å². The van der Waals surface area contributed by atoms with Crippen LogP contribution in [-0.2, 0) is 16.8 Å². The van der Waals surface area contributed by atoms with E-state index in [0.29, 0.717) is 35.9 Å². The van der Waals surface area contributed by atoms with E-state index in [9.17, 15) is 9.59 Å². The van der Waals surface area contributed by atoms with Crippen molar-refractivity contribution < 1.29 is 14.3 Å². The quantitative estimate of drug-likeness (QED) is 0.597. The second-order valence-corrected chi connectivity index (χ2v) is 8.46. The van der Waals surface area contributed by atoms with Gasteiger partial charge < -0.3 is 20.3 Å². The highest BCUT2D eigenvalue weighted by atomic mass is 16.5. The number of nitrogens with one attached hydrogen (secondary N) is 2. The lowest BCUT2D eigenvalue weighted by Crippen LogP contribution is -2.32. The predicted octanol–water partition coefficient (Wildman–Crippen LogP) is 3.39. The number of hydrogen-bond donors (Lipinski definition) is 2. The van der Waals surface area contributed by atoms with E-state index in [4.69, 9.17) is 4.74 Å². The fourth-order valence-corrected chi connectivity index (χ4v) is 3.93. The number of rotatable bonds is 6. The molecule has 2 N–H and O–H groups in total. The SMILES string of the molecule is COc1nccc(CNc2ncccc2C(=O)Nc2ccc3c(c2)N(C(C)=O)CC3(C)C)n1. The van der Waals surface area contributed by atoms with Crippen LogP contribution in [0.3, 0.4) is 0 Å². The van der Waals surface area contributed by atoms with Crippen LogP contribution in [0.15, 0.2) is 48.8 Å². The van der Waals surface area contributed by atoms with Gasteiger partial charge in [0.25, 0.3) is 5.91 Å². The van der Waals surface area contributed by atoms with Crippen LogP contribution in [0.4, 0.5) is 17.2 Å². The Kier molecular flexibility index (Phi) is 5.95. The molecule has 0 saturated carbocycles. The van der Waals surface area contributed by atoms with E-state index < -0.39 is 0 Å². The van der Waals surface area contributed by atoms with Gasteiger partial charge in [-0.25, -0.2) is 9.97 Å². The van der Waals surface area contributed by atoms with Gasteiger partial charge >= 0.3 is 6.01 Å². The summed E-state index contributed by atoms with van der Waals surface area (Å²) in [6, 6.07) is 11.1. The van der Waals surface area contributed by atoms with Gasteiger partial charge in [0.15, 0.2) is 0 Å². The van der Waals surface area contributed by atoms with Gasteiger partial charge in [-0.3, -0.25) is 9.59 Å². The molecule has 9 nitrogen and oxygen atoms in total. The van der Waals surface area contributed by atoms with Crippen molar-refractivity contribution in [3.8, 4) is 6.01 Å². The third-order valence-electron chi connectivity index (χ3n) is 5.57. The van der Waals surface area contributed by atoms with Crippen molar-refractivity contribution in [2.24, 2.45) is 0 Å². The largest absolute Gasteiger partial charge is 0.467 e. The number of methoxy groups -OCH3 is 1. The summed E-state index contributed by atoms with van der Waals surface area (Å²) in [4.78, 5) is 39.5. The molecule has 1 aromatic carbocycles. The highest BCUT2D eigenvalue weighted by Gasteiger charge is 2.37. The zero-order valence-corrected chi connectivity index (χ0v) is 19.0. The molecule has 0 saturated heterocycles. The lowest BCUT2D eigenvalue weighted by molar-refractivity contribution is -0.116. The molecule has 4 rings (SSSR count). The van der Waals surface area contributed by atoms with Crippen molar-refractivity contribution in [1.29, 1.82) is 0 Å². The van der Waals surface area contributed by atoms with Gasteiger partial charge in [-0.1, -0.05) is 19.9 Å². The number of carbonyl (C=O) groups excluding carboxylic acids is 2. The summed E-state index contributed by atoms with van der Waals surface area (Å²) in [5, 5.41) is 6.08. The van der Waals surface area contributed by atoms with Crippen LogP contribution in [0.5, 0.6) is 6.01 Å². The molecule has 170 valence electrons. The van der Waals surface area contributed by atoms with Crippen LogP contribution in [0, 0.1) is 0 Å². The molecule has 3 aromatic rings. The van der Waals surface area contributed by atoms with E-state index in [2.05, 4.69) is 39.4 Å². The summed E-state index contributed by atoms with van der Waals surface area (Å²) >= 11 is 0. The number of carbonyl (C=O) groups is 2. The van der Waals surface area contributed by atoms with Crippen LogP contribution >= 0.6 is 0 Å². The number of hydrogen-bond acceptors (Lipinski definition) is 7. The smallest absolute Gasteiger partial charge is 0.316 e. The molecule has 0 bridgehead atoms. The lowest BCUT2D eigenvalue weighted by atomic mass is 9.87. The van der Waals surface area contributed by atoms with Gasteiger partial charge in [0, 0.05) is 42.7 Å². The second-order valence-electron chi connectivity index (χ2n) is 8.46. The van der Waals surface area contributed by atoms with Crippen LogP contribution in [0.1, 0.15) is 42.4 Å². The molecular weight excluding hydrogens is 420 g/mol. The van der Waals surface area contributed by atoms with Gasteiger partial charge in [0.05, 0.1) is 24.9 Å². The average molecular weight is 447 g/mol. The first-order valence-corrected chi connectivity index (χ1v) is 10.6. The van der Waals surface area contributed by atoms with Gasteiger partial charge in [-0.15, -0.1) is 0 Å². The van der Waals surface area contributed by atoms with Gasteiger partial charge in [-0.2, -0.15) is 4.98 Å². The summed E-state index contributed by atoms with van der Waals surface area (Å²) in [5.74, 6) is 0.100. The first kappa shape index (κ1) is 22.2. The number of anilines is 3. The van der Waals surface area contributed by atoms with Crippen LogP contribution in [0.25, 0.3) is 0 Å². The molecule has 9 heteroatoms. The van der Waals surface area contributed by atoms with E-state index in [1.54, 1.807) is 42.4 Å². The molecule has 3 heterocycles. The molecule has 0 fully saturated rings. The van der Waals surface area contributed by atoms with Gasteiger partial charge in [-0.05, 0) is 35.9 Å². The minimum absolute atomic E-state index is 0.0228. The predicted molar refractivity (Wildman–Crippen MR) is 126 cm³/mol. The molecule has 2 amide bonds. The highest BCUT2D eigenvalue weighted by molar-refractivity contribution is 6.08. The molecular formula is C24H26N6O3. The Morgan fingerprint density at radius 1 is 1.15 bits per heavy atom. The Bertz CT molecular complexity index is 1210. The molecule has 2 aromatic heterocycles. The zero-order chi connectivity index (χ0) is 23.6. The van der Waals surface area contributed by atoms with Crippen molar-refractivity contribution in [3.63, 3.8) is 0 Å². The minimum atomic E-state index is -0.308. The van der Waals surface area contributed by atoms with E-state index >= 15 is 0 Å². The Balaban J connectivity index is 1.53. The molecule has 0 radical (unpaired) electrons. The second kappa shape index (κ2) is 8.85. The van der Waals surface area contributed by atoms with Crippen molar-refractivity contribution in [2.75, 3.05) is 29.2 Å². The Labute approximate surface area is 192 Å². The third kappa shape index (κ3) is 4.62. The van der Waals surface area contributed by atoms with Crippen LogP contribution < -0.4 is 20.3 Å². The van der Waals surface area contributed by atoms with Crippen molar-refractivity contribution >= 4 is 29.0 Å². The number of amides is 2. The topological polar surface area (TPSA) is 109 Å². The standard InChI is InChI=1S/C24H26N6O3/c1-15(31)30-14-24(2,3)19-8-7-16(12-20(19)30)28-22(32)18-6-5-10-25-21(18)27-13-17-9-11-26-23(29-17)33-4/h5-12H,13-14H2,1-4H3,(H,25,27)(H,28,32). The van der Waals surface area contributed by atoms with E-state index in [1.807, 2.05) is 18.2 Å². The molecule has 0 unspecified atom stereocenters.